The maximum atomic E-state index is 11.4. The monoisotopic (exact) mass is 208 g/mol. The van der Waals surface area contributed by atoms with Gasteiger partial charge < -0.3 is 9.47 Å². The zero-order valence-corrected chi connectivity index (χ0v) is 8.65. The quantitative estimate of drug-likeness (QED) is 0.558. The van der Waals surface area contributed by atoms with E-state index in [2.05, 4.69) is 0 Å². The number of aldehydes is 1. The van der Waals surface area contributed by atoms with Crippen LogP contribution >= 0.6 is 0 Å². The Balaban J connectivity index is 3.07. The fourth-order valence-corrected chi connectivity index (χ4v) is 1.16. The van der Waals surface area contributed by atoms with E-state index in [9.17, 15) is 9.59 Å². The Morgan fingerprint density at radius 1 is 1.47 bits per heavy atom. The van der Waals surface area contributed by atoms with Gasteiger partial charge in [-0.15, -0.1) is 0 Å². The van der Waals surface area contributed by atoms with Gasteiger partial charge in [0.15, 0.2) is 6.29 Å². The Hall–Kier alpha value is -1.84. The van der Waals surface area contributed by atoms with Gasteiger partial charge in [-0.2, -0.15) is 0 Å². The molecule has 1 aromatic carbocycles. The summed E-state index contributed by atoms with van der Waals surface area (Å²) >= 11 is 0. The summed E-state index contributed by atoms with van der Waals surface area (Å²) in [5, 5.41) is 0. The molecule has 0 saturated carbocycles. The summed E-state index contributed by atoms with van der Waals surface area (Å²) in [6, 6.07) is 4.62. The molecule has 0 aliphatic carbocycles. The lowest BCUT2D eigenvalue weighted by Crippen LogP contribution is -2.07. The van der Waals surface area contributed by atoms with Gasteiger partial charge in [0.25, 0.3) is 0 Å². The molecule has 0 N–H and O–H groups in total. The maximum Gasteiger partial charge on any atom is 0.338 e. The van der Waals surface area contributed by atoms with E-state index in [1.165, 1.54) is 19.2 Å². The summed E-state index contributed by atoms with van der Waals surface area (Å²) in [4.78, 5) is 22.1. The molecule has 0 radical (unpaired) electrons. The first-order chi connectivity index (χ1) is 7.22. The first-order valence-electron chi connectivity index (χ1n) is 4.53. The lowest BCUT2D eigenvalue weighted by atomic mass is 10.1. The molecule has 0 unspecified atom stereocenters. The SMILES string of the molecule is CCOC(=O)c1ccc(OC)cc1C=O. The molecule has 0 fully saturated rings. The largest absolute Gasteiger partial charge is 0.497 e. The molecule has 0 spiro atoms. The van der Waals surface area contributed by atoms with E-state index >= 15 is 0 Å². The van der Waals surface area contributed by atoms with Crippen molar-refractivity contribution in [1.29, 1.82) is 0 Å². The van der Waals surface area contributed by atoms with Gasteiger partial charge in [0.1, 0.15) is 5.75 Å². The van der Waals surface area contributed by atoms with Gasteiger partial charge in [0, 0.05) is 5.56 Å². The van der Waals surface area contributed by atoms with E-state index in [0.29, 0.717) is 12.0 Å². The van der Waals surface area contributed by atoms with Gasteiger partial charge in [-0.1, -0.05) is 0 Å². The lowest BCUT2D eigenvalue weighted by molar-refractivity contribution is 0.0524. The molecule has 4 nitrogen and oxygen atoms in total. The minimum atomic E-state index is -0.498. The predicted octanol–water partition coefficient (Wildman–Crippen LogP) is 1.68. The van der Waals surface area contributed by atoms with Crippen LogP contribution in [0.4, 0.5) is 0 Å². The van der Waals surface area contributed by atoms with E-state index in [1.54, 1.807) is 13.0 Å². The van der Waals surface area contributed by atoms with E-state index in [-0.39, 0.29) is 17.7 Å². The molecule has 1 rings (SSSR count). The predicted molar refractivity (Wildman–Crippen MR) is 54.3 cm³/mol. The summed E-state index contributed by atoms with van der Waals surface area (Å²) in [5.41, 5.74) is 0.528. The van der Waals surface area contributed by atoms with E-state index in [4.69, 9.17) is 9.47 Å². The topological polar surface area (TPSA) is 52.6 Å². The maximum absolute atomic E-state index is 11.4. The Kier molecular flexibility index (Phi) is 3.85. The minimum absolute atomic E-state index is 0.257. The molecular weight excluding hydrogens is 196 g/mol. The van der Waals surface area contributed by atoms with Gasteiger partial charge in [0.2, 0.25) is 0 Å². The minimum Gasteiger partial charge on any atom is -0.497 e. The van der Waals surface area contributed by atoms with E-state index in [0.717, 1.165) is 0 Å². The third-order valence-corrected chi connectivity index (χ3v) is 1.88. The van der Waals surface area contributed by atoms with Crippen molar-refractivity contribution in [3.8, 4) is 5.75 Å². The molecule has 15 heavy (non-hydrogen) atoms. The number of ether oxygens (including phenoxy) is 2. The first kappa shape index (κ1) is 11.2. The molecule has 0 amide bonds. The van der Waals surface area contributed by atoms with Gasteiger partial charge in [-0.25, -0.2) is 4.79 Å². The van der Waals surface area contributed by atoms with Crippen molar-refractivity contribution in [1.82, 2.24) is 0 Å². The standard InChI is InChI=1S/C11H12O4/c1-3-15-11(13)10-5-4-9(14-2)6-8(10)7-12/h4-7H,3H2,1-2H3. The summed E-state index contributed by atoms with van der Waals surface area (Å²) in [6.07, 6.45) is 0.606. The average molecular weight is 208 g/mol. The highest BCUT2D eigenvalue weighted by molar-refractivity contribution is 5.98. The van der Waals surface area contributed by atoms with Crippen LogP contribution in [0.5, 0.6) is 5.75 Å². The first-order valence-corrected chi connectivity index (χ1v) is 4.53. The van der Waals surface area contributed by atoms with E-state index < -0.39 is 5.97 Å². The molecule has 0 saturated heterocycles. The van der Waals surface area contributed by atoms with Crippen molar-refractivity contribution in [2.45, 2.75) is 6.92 Å². The summed E-state index contributed by atoms with van der Waals surface area (Å²) in [5.74, 6) is 0.0346. The van der Waals surface area contributed by atoms with Crippen LogP contribution in [0, 0.1) is 0 Å². The zero-order valence-electron chi connectivity index (χ0n) is 8.65. The number of carbonyl (C=O) groups is 2. The number of hydrogen-bond donors (Lipinski definition) is 0. The summed E-state index contributed by atoms with van der Waals surface area (Å²) in [7, 11) is 1.49. The molecular formula is C11H12O4. The summed E-state index contributed by atoms with van der Waals surface area (Å²) in [6.45, 7) is 1.99. The Bertz CT molecular complexity index is 371. The Labute approximate surface area is 87.8 Å². The van der Waals surface area contributed by atoms with Gasteiger partial charge in [-0.05, 0) is 25.1 Å². The molecule has 80 valence electrons. The summed E-state index contributed by atoms with van der Waals surface area (Å²) < 4.78 is 9.75. The van der Waals surface area contributed by atoms with Crippen LogP contribution in [0.2, 0.25) is 0 Å². The van der Waals surface area contributed by atoms with Crippen molar-refractivity contribution < 1.29 is 19.1 Å². The van der Waals surface area contributed by atoms with Gasteiger partial charge in [-0.3, -0.25) is 4.79 Å². The van der Waals surface area contributed by atoms with Crippen LogP contribution in [0.3, 0.4) is 0 Å². The molecule has 4 heteroatoms. The number of benzene rings is 1. The van der Waals surface area contributed by atoms with Gasteiger partial charge in [0.05, 0.1) is 19.3 Å². The molecule has 1 aromatic rings. The Morgan fingerprint density at radius 3 is 2.73 bits per heavy atom. The normalized spacial score (nSPS) is 9.47. The Morgan fingerprint density at radius 2 is 2.20 bits per heavy atom. The van der Waals surface area contributed by atoms with Crippen LogP contribution < -0.4 is 4.74 Å². The average Bonchev–Trinajstić information content (AvgIpc) is 2.28. The van der Waals surface area contributed by atoms with Gasteiger partial charge >= 0.3 is 5.97 Å². The molecule has 0 atom stereocenters. The third kappa shape index (κ3) is 2.56. The van der Waals surface area contributed by atoms with Crippen LogP contribution in [-0.4, -0.2) is 26.0 Å². The highest BCUT2D eigenvalue weighted by atomic mass is 16.5. The highest BCUT2D eigenvalue weighted by Crippen LogP contribution is 2.17. The van der Waals surface area contributed by atoms with Crippen molar-refractivity contribution in [3.63, 3.8) is 0 Å². The molecule has 0 aliphatic heterocycles. The second-order valence-corrected chi connectivity index (χ2v) is 2.79. The van der Waals surface area contributed by atoms with Crippen LogP contribution in [0.1, 0.15) is 27.6 Å². The molecule has 0 heterocycles. The molecule has 0 aromatic heterocycles. The highest BCUT2D eigenvalue weighted by Gasteiger charge is 2.12. The smallest absolute Gasteiger partial charge is 0.338 e. The number of carbonyl (C=O) groups excluding carboxylic acids is 2. The second-order valence-electron chi connectivity index (χ2n) is 2.79. The molecule has 0 aliphatic rings. The van der Waals surface area contributed by atoms with Crippen LogP contribution in [-0.2, 0) is 4.74 Å². The number of methoxy groups -OCH3 is 1. The molecule has 0 bridgehead atoms. The number of hydrogen-bond acceptors (Lipinski definition) is 4. The lowest BCUT2D eigenvalue weighted by Gasteiger charge is -2.06. The fraction of sp³-hybridized carbons (Fsp3) is 0.273. The second kappa shape index (κ2) is 5.14. The van der Waals surface area contributed by atoms with Crippen molar-refractivity contribution >= 4 is 12.3 Å². The van der Waals surface area contributed by atoms with Crippen molar-refractivity contribution in [2.75, 3.05) is 13.7 Å². The third-order valence-electron chi connectivity index (χ3n) is 1.88. The zero-order chi connectivity index (χ0) is 11.3. The number of esters is 1. The fourth-order valence-electron chi connectivity index (χ4n) is 1.16. The van der Waals surface area contributed by atoms with Crippen LogP contribution in [0.15, 0.2) is 18.2 Å². The van der Waals surface area contributed by atoms with E-state index in [1.807, 2.05) is 0 Å². The number of rotatable bonds is 4. The van der Waals surface area contributed by atoms with Crippen molar-refractivity contribution in [2.24, 2.45) is 0 Å². The van der Waals surface area contributed by atoms with Crippen LogP contribution in [0.25, 0.3) is 0 Å². The van der Waals surface area contributed by atoms with Crippen molar-refractivity contribution in [3.05, 3.63) is 29.3 Å².